The first-order valence-corrected chi connectivity index (χ1v) is 10.2. The van der Waals surface area contributed by atoms with Crippen LogP contribution < -0.4 is 10.6 Å². The fourth-order valence-electron chi connectivity index (χ4n) is 3.79. The van der Waals surface area contributed by atoms with Crippen molar-refractivity contribution in [2.24, 2.45) is 10.9 Å². The van der Waals surface area contributed by atoms with Gasteiger partial charge in [-0.05, 0) is 50.0 Å². The van der Waals surface area contributed by atoms with Gasteiger partial charge in [-0.3, -0.25) is 9.89 Å². The second-order valence-electron chi connectivity index (χ2n) is 7.71. The van der Waals surface area contributed by atoms with Gasteiger partial charge in [-0.25, -0.2) is 0 Å². The molecule has 6 heteroatoms. The minimum atomic E-state index is 0.744. The Morgan fingerprint density at radius 3 is 2.48 bits per heavy atom. The molecule has 2 saturated heterocycles. The standard InChI is InChI=1S/C21H35N5O/c1-22-21(23-15-18-7-9-25(2)10-8-18)24-16-19-5-3-4-6-20(19)17-26-11-13-27-14-12-26/h3-6,18H,7-17H2,1-2H3,(H2,22,23,24). The SMILES string of the molecule is CN=C(NCc1ccccc1CN1CCOCC1)NCC1CCN(C)CC1. The number of aliphatic imine (C=N–C) groups is 1. The van der Waals surface area contributed by atoms with Crippen molar-refractivity contribution >= 4 is 5.96 Å². The number of benzene rings is 1. The lowest BCUT2D eigenvalue weighted by atomic mass is 9.97. The van der Waals surface area contributed by atoms with Crippen LogP contribution in [0.25, 0.3) is 0 Å². The molecule has 0 bridgehead atoms. The van der Waals surface area contributed by atoms with Gasteiger partial charge in [0.1, 0.15) is 0 Å². The van der Waals surface area contributed by atoms with Gasteiger partial charge in [0.2, 0.25) is 0 Å². The molecule has 2 N–H and O–H groups in total. The molecule has 0 spiro atoms. The summed E-state index contributed by atoms with van der Waals surface area (Å²) in [6.07, 6.45) is 2.53. The van der Waals surface area contributed by atoms with E-state index < -0.39 is 0 Å². The quantitative estimate of drug-likeness (QED) is 0.585. The molecule has 2 aliphatic heterocycles. The molecule has 2 heterocycles. The number of guanidine groups is 1. The van der Waals surface area contributed by atoms with Gasteiger partial charge < -0.3 is 20.3 Å². The van der Waals surface area contributed by atoms with Crippen molar-refractivity contribution < 1.29 is 4.74 Å². The van der Waals surface area contributed by atoms with Gasteiger partial charge in [-0.1, -0.05) is 24.3 Å². The maximum Gasteiger partial charge on any atom is 0.191 e. The highest BCUT2D eigenvalue weighted by Gasteiger charge is 2.17. The highest BCUT2D eigenvalue weighted by Crippen LogP contribution is 2.15. The Morgan fingerprint density at radius 2 is 1.78 bits per heavy atom. The van der Waals surface area contributed by atoms with Crippen LogP contribution in [0.4, 0.5) is 0 Å². The van der Waals surface area contributed by atoms with Crippen molar-refractivity contribution in [1.29, 1.82) is 0 Å². The Morgan fingerprint density at radius 1 is 1.07 bits per heavy atom. The van der Waals surface area contributed by atoms with Crippen LogP contribution in [0.3, 0.4) is 0 Å². The third-order valence-electron chi connectivity index (χ3n) is 5.68. The first kappa shape index (κ1) is 20.1. The largest absolute Gasteiger partial charge is 0.379 e. The van der Waals surface area contributed by atoms with E-state index >= 15 is 0 Å². The molecule has 0 radical (unpaired) electrons. The molecule has 0 aliphatic carbocycles. The summed E-state index contributed by atoms with van der Waals surface area (Å²) in [6, 6.07) is 8.70. The lowest BCUT2D eigenvalue weighted by molar-refractivity contribution is 0.0341. The molecule has 2 aliphatic rings. The molecule has 6 nitrogen and oxygen atoms in total. The Balaban J connectivity index is 1.47. The predicted octanol–water partition coefficient (Wildman–Crippen LogP) is 1.53. The van der Waals surface area contributed by atoms with E-state index in [1.807, 2.05) is 7.05 Å². The normalized spacial score (nSPS) is 20.6. The number of hydrogen-bond donors (Lipinski definition) is 2. The van der Waals surface area contributed by atoms with Crippen LogP contribution >= 0.6 is 0 Å². The average Bonchev–Trinajstić information content (AvgIpc) is 2.71. The van der Waals surface area contributed by atoms with Crippen LogP contribution in [-0.4, -0.2) is 75.8 Å². The van der Waals surface area contributed by atoms with Gasteiger partial charge in [0.05, 0.1) is 13.2 Å². The van der Waals surface area contributed by atoms with Crippen LogP contribution in [0.5, 0.6) is 0 Å². The van der Waals surface area contributed by atoms with Crippen LogP contribution in [0.1, 0.15) is 24.0 Å². The third kappa shape index (κ3) is 6.48. The number of nitrogens with one attached hydrogen (secondary N) is 2. The van der Waals surface area contributed by atoms with Gasteiger partial charge in [-0.2, -0.15) is 0 Å². The molecule has 0 unspecified atom stereocenters. The van der Waals surface area contributed by atoms with E-state index in [4.69, 9.17) is 4.74 Å². The van der Waals surface area contributed by atoms with Crippen LogP contribution in [0, 0.1) is 5.92 Å². The number of hydrogen-bond acceptors (Lipinski definition) is 4. The minimum Gasteiger partial charge on any atom is -0.379 e. The zero-order valence-corrected chi connectivity index (χ0v) is 16.9. The van der Waals surface area contributed by atoms with E-state index in [-0.39, 0.29) is 0 Å². The van der Waals surface area contributed by atoms with E-state index in [9.17, 15) is 0 Å². The Kier molecular flexibility index (Phi) is 7.93. The first-order valence-electron chi connectivity index (χ1n) is 10.2. The van der Waals surface area contributed by atoms with Crippen molar-refractivity contribution in [3.05, 3.63) is 35.4 Å². The number of piperidine rings is 1. The van der Waals surface area contributed by atoms with E-state index in [2.05, 4.69) is 56.7 Å². The molecular weight excluding hydrogens is 338 g/mol. The summed E-state index contributed by atoms with van der Waals surface area (Å²) >= 11 is 0. The topological polar surface area (TPSA) is 52.1 Å². The summed E-state index contributed by atoms with van der Waals surface area (Å²) in [6.45, 7) is 8.91. The second kappa shape index (κ2) is 10.6. The fraction of sp³-hybridized carbons (Fsp3) is 0.667. The minimum absolute atomic E-state index is 0.744. The van der Waals surface area contributed by atoms with Crippen molar-refractivity contribution in [2.75, 3.05) is 60.0 Å². The lowest BCUT2D eigenvalue weighted by Crippen LogP contribution is -2.42. The van der Waals surface area contributed by atoms with E-state index in [0.29, 0.717) is 0 Å². The molecule has 150 valence electrons. The van der Waals surface area contributed by atoms with Crippen molar-refractivity contribution in [1.82, 2.24) is 20.4 Å². The van der Waals surface area contributed by atoms with Crippen LogP contribution in [0.15, 0.2) is 29.3 Å². The number of morpholine rings is 1. The number of ether oxygens (including phenoxy) is 1. The summed E-state index contributed by atoms with van der Waals surface area (Å²) in [5.74, 6) is 1.64. The van der Waals surface area contributed by atoms with E-state index in [0.717, 1.165) is 57.8 Å². The summed E-state index contributed by atoms with van der Waals surface area (Å²) in [5.41, 5.74) is 2.73. The molecule has 0 amide bonds. The molecule has 27 heavy (non-hydrogen) atoms. The summed E-state index contributed by atoms with van der Waals surface area (Å²) in [7, 11) is 4.06. The molecule has 3 rings (SSSR count). The van der Waals surface area contributed by atoms with Gasteiger partial charge in [0.15, 0.2) is 5.96 Å². The summed E-state index contributed by atoms with van der Waals surface area (Å²) < 4.78 is 5.46. The molecule has 1 aromatic rings. The van der Waals surface area contributed by atoms with E-state index in [1.165, 1.54) is 37.1 Å². The Hall–Kier alpha value is -1.63. The molecule has 0 aromatic heterocycles. The van der Waals surface area contributed by atoms with Gasteiger partial charge in [-0.15, -0.1) is 0 Å². The van der Waals surface area contributed by atoms with Gasteiger partial charge >= 0.3 is 0 Å². The highest BCUT2D eigenvalue weighted by molar-refractivity contribution is 5.79. The van der Waals surface area contributed by atoms with Crippen LogP contribution in [-0.2, 0) is 17.8 Å². The molecule has 1 aromatic carbocycles. The average molecular weight is 374 g/mol. The Bertz CT molecular complexity index is 592. The zero-order chi connectivity index (χ0) is 18.9. The number of likely N-dealkylation sites (tertiary alicyclic amines) is 1. The predicted molar refractivity (Wildman–Crippen MR) is 111 cm³/mol. The lowest BCUT2D eigenvalue weighted by Gasteiger charge is -2.29. The summed E-state index contributed by atoms with van der Waals surface area (Å²) in [4.78, 5) is 9.28. The monoisotopic (exact) mass is 373 g/mol. The number of rotatable bonds is 6. The van der Waals surface area contributed by atoms with Crippen molar-refractivity contribution in [3.63, 3.8) is 0 Å². The zero-order valence-electron chi connectivity index (χ0n) is 16.9. The molecule has 2 fully saturated rings. The van der Waals surface area contributed by atoms with Crippen molar-refractivity contribution in [2.45, 2.75) is 25.9 Å². The highest BCUT2D eigenvalue weighted by atomic mass is 16.5. The Labute approximate surface area is 164 Å². The van der Waals surface area contributed by atoms with Crippen molar-refractivity contribution in [3.8, 4) is 0 Å². The van der Waals surface area contributed by atoms with Gasteiger partial charge in [0.25, 0.3) is 0 Å². The molecule has 0 atom stereocenters. The smallest absolute Gasteiger partial charge is 0.191 e. The third-order valence-corrected chi connectivity index (χ3v) is 5.68. The van der Waals surface area contributed by atoms with E-state index in [1.54, 1.807) is 0 Å². The summed E-state index contributed by atoms with van der Waals surface area (Å²) in [5, 5.41) is 7.02. The maximum absolute atomic E-state index is 5.46. The maximum atomic E-state index is 5.46. The van der Waals surface area contributed by atoms with Gasteiger partial charge in [0, 0.05) is 39.8 Å². The molecular formula is C21H35N5O. The second-order valence-corrected chi connectivity index (χ2v) is 7.71. The van der Waals surface area contributed by atoms with Crippen LogP contribution in [0.2, 0.25) is 0 Å². The fourth-order valence-corrected chi connectivity index (χ4v) is 3.79. The molecule has 0 saturated carbocycles. The first-order chi connectivity index (χ1) is 13.2. The number of nitrogens with zero attached hydrogens (tertiary/aromatic N) is 3.